The molecule has 0 radical (unpaired) electrons. The topological polar surface area (TPSA) is 66.1 Å². The monoisotopic (exact) mass is 353 g/mol. The molecule has 5 nitrogen and oxygen atoms in total. The van der Waals surface area contributed by atoms with E-state index in [-0.39, 0.29) is 6.04 Å². The van der Waals surface area contributed by atoms with Gasteiger partial charge in [-0.3, -0.25) is 5.10 Å². The molecule has 0 saturated heterocycles. The van der Waals surface area contributed by atoms with Gasteiger partial charge in [0.25, 0.3) is 0 Å². The summed E-state index contributed by atoms with van der Waals surface area (Å²) in [7, 11) is -1.72. The molecule has 0 unspecified atom stereocenters. The van der Waals surface area contributed by atoms with Gasteiger partial charge < -0.3 is 0 Å². The van der Waals surface area contributed by atoms with Crippen LogP contribution in [0.25, 0.3) is 10.6 Å². The fraction of sp³-hybridized carbons (Fsp3) is 0.562. The van der Waals surface area contributed by atoms with Crippen LogP contribution in [0.3, 0.4) is 0 Å². The quantitative estimate of drug-likeness (QED) is 0.911. The molecule has 1 aliphatic carbocycles. The van der Waals surface area contributed by atoms with Gasteiger partial charge in [0.1, 0.15) is 5.69 Å². The highest BCUT2D eigenvalue weighted by atomic mass is 32.2. The summed E-state index contributed by atoms with van der Waals surface area (Å²) in [6.07, 6.45) is 5.37. The summed E-state index contributed by atoms with van der Waals surface area (Å²) >= 11 is 1.48. The van der Waals surface area contributed by atoms with Crippen LogP contribution in [0.1, 0.15) is 42.7 Å². The molecule has 23 heavy (non-hydrogen) atoms. The van der Waals surface area contributed by atoms with Gasteiger partial charge in [0, 0.05) is 23.7 Å². The third-order valence-electron chi connectivity index (χ3n) is 4.58. The van der Waals surface area contributed by atoms with E-state index >= 15 is 0 Å². The molecule has 0 aromatic carbocycles. The van der Waals surface area contributed by atoms with E-state index in [1.165, 1.54) is 17.8 Å². The van der Waals surface area contributed by atoms with Gasteiger partial charge in [0.15, 0.2) is 0 Å². The Kier molecular flexibility index (Phi) is 4.62. The van der Waals surface area contributed by atoms with Gasteiger partial charge in [0.05, 0.1) is 9.77 Å². The van der Waals surface area contributed by atoms with Crippen LogP contribution in [0.4, 0.5) is 0 Å². The minimum Gasteiger partial charge on any atom is -0.282 e. The Labute approximate surface area is 141 Å². The number of hydrogen-bond donors (Lipinski definition) is 1. The Morgan fingerprint density at radius 1 is 1.22 bits per heavy atom. The average molecular weight is 354 g/mol. The first-order valence-electron chi connectivity index (χ1n) is 8.00. The van der Waals surface area contributed by atoms with Crippen LogP contribution in [-0.2, 0) is 10.0 Å². The summed E-state index contributed by atoms with van der Waals surface area (Å²) < 4.78 is 27.6. The summed E-state index contributed by atoms with van der Waals surface area (Å²) in [6, 6.07) is 3.83. The van der Waals surface area contributed by atoms with Crippen molar-refractivity contribution in [3.05, 3.63) is 22.7 Å². The maximum Gasteiger partial charge on any atom is 0.244 e. The molecule has 3 rings (SSSR count). The number of aromatic nitrogens is 2. The molecule has 0 atom stereocenters. The van der Waals surface area contributed by atoms with Gasteiger partial charge in [-0.1, -0.05) is 19.3 Å². The number of aromatic amines is 1. The zero-order chi connectivity index (χ0) is 16.6. The largest absolute Gasteiger partial charge is 0.282 e. The summed E-state index contributed by atoms with van der Waals surface area (Å²) in [4.78, 5) is 2.14. The van der Waals surface area contributed by atoms with Crippen molar-refractivity contribution in [2.75, 3.05) is 7.05 Å². The summed E-state index contributed by atoms with van der Waals surface area (Å²) in [5.74, 6) is 0. The highest BCUT2D eigenvalue weighted by Gasteiger charge is 2.31. The first-order valence-corrected chi connectivity index (χ1v) is 10.3. The van der Waals surface area contributed by atoms with Crippen molar-refractivity contribution in [1.29, 1.82) is 0 Å². The lowest BCUT2D eigenvalue weighted by Crippen LogP contribution is -2.38. The number of nitrogens with zero attached hydrogens (tertiary/aromatic N) is 2. The Morgan fingerprint density at radius 3 is 2.52 bits per heavy atom. The highest BCUT2D eigenvalue weighted by molar-refractivity contribution is 7.89. The van der Waals surface area contributed by atoms with Crippen molar-refractivity contribution in [3.8, 4) is 10.6 Å². The van der Waals surface area contributed by atoms with Crippen molar-refractivity contribution in [3.63, 3.8) is 0 Å². The fourth-order valence-corrected chi connectivity index (χ4v) is 6.12. The molecule has 1 aliphatic rings. The minimum absolute atomic E-state index is 0.129. The van der Waals surface area contributed by atoms with Crippen molar-refractivity contribution in [1.82, 2.24) is 14.5 Å². The van der Waals surface area contributed by atoms with Gasteiger partial charge in [-0.2, -0.15) is 9.40 Å². The molecule has 2 aromatic heterocycles. The number of rotatable bonds is 4. The van der Waals surface area contributed by atoms with E-state index in [2.05, 4.69) is 10.2 Å². The molecule has 7 heteroatoms. The fourth-order valence-electron chi connectivity index (χ4n) is 3.19. The van der Waals surface area contributed by atoms with Crippen molar-refractivity contribution < 1.29 is 8.42 Å². The Morgan fingerprint density at radius 2 is 1.91 bits per heavy atom. The zero-order valence-corrected chi connectivity index (χ0v) is 15.4. The Balaban J connectivity index is 1.92. The molecule has 2 aromatic rings. The molecule has 1 N–H and O–H groups in total. The second kappa shape index (κ2) is 6.37. The smallest absolute Gasteiger partial charge is 0.244 e. The van der Waals surface area contributed by atoms with Gasteiger partial charge in [-0.25, -0.2) is 8.42 Å². The van der Waals surface area contributed by atoms with Gasteiger partial charge >= 0.3 is 0 Å². The second-order valence-electron chi connectivity index (χ2n) is 6.28. The number of sulfonamides is 1. The molecule has 126 valence electrons. The third-order valence-corrected chi connectivity index (χ3v) is 7.82. The lowest BCUT2D eigenvalue weighted by Gasteiger charge is -2.30. The summed E-state index contributed by atoms with van der Waals surface area (Å²) in [6.45, 7) is 3.81. The predicted octanol–water partition coefficient (Wildman–Crippen LogP) is 3.71. The molecule has 0 aliphatic heterocycles. The summed E-state index contributed by atoms with van der Waals surface area (Å²) in [5, 5.41) is 7.14. The zero-order valence-electron chi connectivity index (χ0n) is 13.8. The van der Waals surface area contributed by atoms with Crippen LogP contribution < -0.4 is 0 Å². The third kappa shape index (κ3) is 3.22. The van der Waals surface area contributed by atoms with Crippen molar-refractivity contribution in [2.24, 2.45) is 0 Å². The van der Waals surface area contributed by atoms with E-state index in [1.54, 1.807) is 17.4 Å². The Hall–Kier alpha value is -1.18. The molecule has 0 amide bonds. The maximum absolute atomic E-state index is 13.0. The molecule has 1 fully saturated rings. The maximum atomic E-state index is 13.0. The van der Waals surface area contributed by atoms with Crippen LogP contribution >= 0.6 is 11.3 Å². The molecule has 2 heterocycles. The number of H-pyrrole nitrogens is 1. The normalized spacial score (nSPS) is 17.0. The van der Waals surface area contributed by atoms with E-state index in [1.807, 2.05) is 19.9 Å². The highest BCUT2D eigenvalue weighted by Crippen LogP contribution is 2.35. The van der Waals surface area contributed by atoms with Crippen LogP contribution in [-0.4, -0.2) is 36.0 Å². The molecule has 1 saturated carbocycles. The minimum atomic E-state index is -3.44. The molecule has 0 bridgehead atoms. The lowest BCUT2D eigenvalue weighted by molar-refractivity contribution is 0.286. The standard InChI is InChI=1S/C16H23N3O2S2/c1-11-9-14(18-17-11)15-10-16(12(2)22-15)23(20,21)19(3)13-7-5-4-6-8-13/h9-10,13H,4-8H2,1-3H3,(H,17,18). The average Bonchev–Trinajstić information content (AvgIpc) is 3.13. The first-order chi connectivity index (χ1) is 10.9. The van der Waals surface area contributed by atoms with E-state index < -0.39 is 10.0 Å². The molecule has 0 spiro atoms. The van der Waals surface area contributed by atoms with Crippen LogP contribution in [0, 0.1) is 13.8 Å². The van der Waals surface area contributed by atoms with E-state index in [0.717, 1.165) is 46.8 Å². The molecular formula is C16H23N3O2S2. The van der Waals surface area contributed by atoms with E-state index in [9.17, 15) is 8.42 Å². The van der Waals surface area contributed by atoms with Gasteiger partial charge in [-0.05, 0) is 38.8 Å². The van der Waals surface area contributed by atoms with Crippen LogP contribution in [0.2, 0.25) is 0 Å². The lowest BCUT2D eigenvalue weighted by atomic mass is 9.96. The summed E-state index contributed by atoms with van der Waals surface area (Å²) in [5.41, 5.74) is 1.77. The number of nitrogens with one attached hydrogen (secondary N) is 1. The first kappa shape index (κ1) is 16.7. The van der Waals surface area contributed by atoms with Crippen LogP contribution in [0.5, 0.6) is 0 Å². The van der Waals surface area contributed by atoms with Gasteiger partial charge in [-0.15, -0.1) is 11.3 Å². The van der Waals surface area contributed by atoms with Gasteiger partial charge in [0.2, 0.25) is 10.0 Å². The number of thiophene rings is 1. The Bertz CT molecular complexity index is 786. The van der Waals surface area contributed by atoms with E-state index in [0.29, 0.717) is 4.90 Å². The second-order valence-corrected chi connectivity index (χ2v) is 9.50. The van der Waals surface area contributed by atoms with Crippen LogP contribution in [0.15, 0.2) is 17.0 Å². The SMILES string of the molecule is Cc1cc(-c2cc(S(=O)(=O)N(C)C3CCCCC3)c(C)s2)n[nH]1. The van der Waals surface area contributed by atoms with Crippen molar-refractivity contribution in [2.45, 2.75) is 56.9 Å². The predicted molar refractivity (Wildman–Crippen MR) is 93.2 cm³/mol. The number of aryl methyl sites for hydroxylation is 2. The van der Waals surface area contributed by atoms with E-state index in [4.69, 9.17) is 0 Å². The van der Waals surface area contributed by atoms with Crippen molar-refractivity contribution >= 4 is 21.4 Å². The number of hydrogen-bond acceptors (Lipinski definition) is 4. The molecular weight excluding hydrogens is 330 g/mol.